The molecular formula is C14H14O2. The van der Waals surface area contributed by atoms with Gasteiger partial charge in [-0.15, -0.1) is 0 Å². The molecule has 0 heterocycles. The van der Waals surface area contributed by atoms with Crippen LogP contribution in [0, 0.1) is 13.8 Å². The van der Waals surface area contributed by atoms with Gasteiger partial charge in [-0.25, -0.2) is 0 Å². The molecule has 0 saturated carbocycles. The predicted molar refractivity (Wildman–Crippen MR) is 64.1 cm³/mol. The molecule has 16 heavy (non-hydrogen) atoms. The van der Waals surface area contributed by atoms with Gasteiger partial charge in [-0.05, 0) is 37.6 Å². The summed E-state index contributed by atoms with van der Waals surface area (Å²) in [4.78, 5) is 0. The van der Waals surface area contributed by atoms with Gasteiger partial charge in [0.05, 0.1) is 0 Å². The van der Waals surface area contributed by atoms with Crippen molar-refractivity contribution in [1.29, 1.82) is 0 Å². The molecule has 0 atom stereocenters. The van der Waals surface area contributed by atoms with Gasteiger partial charge < -0.3 is 9.84 Å². The van der Waals surface area contributed by atoms with Crippen LogP contribution in [0.5, 0.6) is 17.2 Å². The van der Waals surface area contributed by atoms with Gasteiger partial charge in [-0.1, -0.05) is 23.8 Å². The molecule has 0 amide bonds. The van der Waals surface area contributed by atoms with Crippen molar-refractivity contribution in [3.8, 4) is 17.2 Å². The minimum absolute atomic E-state index is 0.215. The molecule has 2 aromatic rings. The van der Waals surface area contributed by atoms with Crippen LogP contribution >= 0.6 is 0 Å². The van der Waals surface area contributed by atoms with Gasteiger partial charge in [-0.2, -0.15) is 0 Å². The van der Waals surface area contributed by atoms with Crippen LogP contribution in [0.25, 0.3) is 0 Å². The van der Waals surface area contributed by atoms with Crippen molar-refractivity contribution in [3.63, 3.8) is 0 Å². The number of aromatic hydroxyl groups is 1. The van der Waals surface area contributed by atoms with E-state index < -0.39 is 0 Å². The third-order valence-corrected chi connectivity index (χ3v) is 2.42. The lowest BCUT2D eigenvalue weighted by atomic mass is 10.2. The molecule has 0 saturated heterocycles. The fourth-order valence-electron chi connectivity index (χ4n) is 1.43. The van der Waals surface area contributed by atoms with E-state index in [-0.39, 0.29) is 5.75 Å². The third-order valence-electron chi connectivity index (χ3n) is 2.42. The Bertz CT molecular complexity index is 487. The molecule has 0 aliphatic carbocycles. The van der Waals surface area contributed by atoms with Crippen LogP contribution in [0.2, 0.25) is 0 Å². The maximum absolute atomic E-state index is 9.38. The molecule has 2 nitrogen and oxygen atoms in total. The van der Waals surface area contributed by atoms with E-state index in [1.807, 2.05) is 44.2 Å². The number of hydrogen-bond donors (Lipinski definition) is 1. The average Bonchev–Trinajstić information content (AvgIpc) is 2.27. The zero-order valence-electron chi connectivity index (χ0n) is 9.40. The first-order chi connectivity index (χ1) is 7.65. The number of benzene rings is 2. The highest BCUT2D eigenvalue weighted by atomic mass is 16.5. The van der Waals surface area contributed by atoms with E-state index in [0.29, 0.717) is 5.75 Å². The summed E-state index contributed by atoms with van der Waals surface area (Å²) < 4.78 is 5.68. The van der Waals surface area contributed by atoms with Gasteiger partial charge in [-0.3, -0.25) is 0 Å². The van der Waals surface area contributed by atoms with Crippen LogP contribution in [-0.2, 0) is 0 Å². The molecule has 82 valence electrons. The lowest BCUT2D eigenvalue weighted by Gasteiger charge is -2.09. The van der Waals surface area contributed by atoms with Crippen LogP contribution < -0.4 is 4.74 Å². The standard InChI is InChI=1S/C14H14O2/c1-10-3-7-13(8-4-10)16-14-9-12(15)6-5-11(14)2/h3-9,15H,1-2H3. The summed E-state index contributed by atoms with van der Waals surface area (Å²) in [7, 11) is 0. The second-order valence-corrected chi connectivity index (χ2v) is 3.86. The SMILES string of the molecule is Cc1ccc(Oc2cc(O)ccc2C)cc1. The maximum atomic E-state index is 9.38. The predicted octanol–water partition coefficient (Wildman–Crippen LogP) is 3.80. The van der Waals surface area contributed by atoms with E-state index in [4.69, 9.17) is 4.74 Å². The van der Waals surface area contributed by atoms with Crippen LogP contribution in [0.3, 0.4) is 0 Å². The van der Waals surface area contributed by atoms with E-state index in [9.17, 15) is 5.11 Å². The molecule has 0 radical (unpaired) electrons. The Labute approximate surface area is 95.1 Å². The highest BCUT2D eigenvalue weighted by Gasteiger charge is 2.02. The second kappa shape index (κ2) is 4.27. The first-order valence-electron chi connectivity index (χ1n) is 5.19. The maximum Gasteiger partial charge on any atom is 0.134 e. The summed E-state index contributed by atoms with van der Waals surface area (Å²) >= 11 is 0. The fourth-order valence-corrected chi connectivity index (χ4v) is 1.43. The highest BCUT2D eigenvalue weighted by molar-refractivity contribution is 5.42. The normalized spacial score (nSPS) is 10.1. The van der Waals surface area contributed by atoms with Crippen molar-refractivity contribution in [1.82, 2.24) is 0 Å². The molecule has 0 unspecified atom stereocenters. The van der Waals surface area contributed by atoms with Crippen molar-refractivity contribution < 1.29 is 9.84 Å². The molecule has 1 N–H and O–H groups in total. The summed E-state index contributed by atoms with van der Waals surface area (Å²) in [6.07, 6.45) is 0. The monoisotopic (exact) mass is 214 g/mol. The molecule has 0 bridgehead atoms. The largest absolute Gasteiger partial charge is 0.508 e. The van der Waals surface area contributed by atoms with E-state index in [1.165, 1.54) is 5.56 Å². The number of phenolic OH excluding ortho intramolecular Hbond substituents is 1. The van der Waals surface area contributed by atoms with Crippen molar-refractivity contribution >= 4 is 0 Å². The van der Waals surface area contributed by atoms with Crippen LogP contribution in [0.15, 0.2) is 42.5 Å². The first kappa shape index (κ1) is 10.6. The Balaban J connectivity index is 2.26. The molecule has 0 aliphatic heterocycles. The molecule has 0 aromatic heterocycles. The molecule has 2 aromatic carbocycles. The molecular weight excluding hydrogens is 200 g/mol. The van der Waals surface area contributed by atoms with E-state index in [1.54, 1.807) is 12.1 Å². The zero-order chi connectivity index (χ0) is 11.5. The molecule has 0 fully saturated rings. The summed E-state index contributed by atoms with van der Waals surface area (Å²) in [5.41, 5.74) is 2.19. The molecule has 2 heteroatoms. The van der Waals surface area contributed by atoms with Gasteiger partial charge >= 0.3 is 0 Å². The topological polar surface area (TPSA) is 29.5 Å². The summed E-state index contributed by atoms with van der Waals surface area (Å²) in [5, 5.41) is 9.38. The molecule has 0 aliphatic rings. The van der Waals surface area contributed by atoms with E-state index in [2.05, 4.69) is 0 Å². The summed E-state index contributed by atoms with van der Waals surface area (Å²) in [6, 6.07) is 12.9. The van der Waals surface area contributed by atoms with Gasteiger partial charge in [0, 0.05) is 6.07 Å². The van der Waals surface area contributed by atoms with Crippen LogP contribution in [-0.4, -0.2) is 5.11 Å². The number of hydrogen-bond acceptors (Lipinski definition) is 2. The van der Waals surface area contributed by atoms with Crippen molar-refractivity contribution in [2.45, 2.75) is 13.8 Å². The smallest absolute Gasteiger partial charge is 0.134 e. The summed E-state index contributed by atoms with van der Waals surface area (Å²) in [6.45, 7) is 3.98. The average molecular weight is 214 g/mol. The quantitative estimate of drug-likeness (QED) is 0.823. The Morgan fingerprint density at radius 2 is 1.62 bits per heavy atom. The van der Waals surface area contributed by atoms with Crippen molar-refractivity contribution in [2.75, 3.05) is 0 Å². The summed E-state index contributed by atoms with van der Waals surface area (Å²) in [5.74, 6) is 1.68. The Morgan fingerprint density at radius 3 is 2.31 bits per heavy atom. The Morgan fingerprint density at radius 1 is 0.938 bits per heavy atom. The highest BCUT2D eigenvalue weighted by Crippen LogP contribution is 2.28. The Kier molecular flexibility index (Phi) is 2.82. The second-order valence-electron chi connectivity index (χ2n) is 3.86. The van der Waals surface area contributed by atoms with Crippen molar-refractivity contribution in [2.24, 2.45) is 0 Å². The Hall–Kier alpha value is -1.96. The fraction of sp³-hybridized carbons (Fsp3) is 0.143. The van der Waals surface area contributed by atoms with Gasteiger partial charge in [0.15, 0.2) is 0 Å². The van der Waals surface area contributed by atoms with Crippen LogP contribution in [0.4, 0.5) is 0 Å². The van der Waals surface area contributed by atoms with Gasteiger partial charge in [0.2, 0.25) is 0 Å². The number of phenols is 1. The number of ether oxygens (including phenoxy) is 1. The number of aryl methyl sites for hydroxylation is 2. The van der Waals surface area contributed by atoms with E-state index >= 15 is 0 Å². The minimum Gasteiger partial charge on any atom is -0.508 e. The lowest BCUT2D eigenvalue weighted by molar-refractivity contribution is 0.453. The third kappa shape index (κ3) is 2.34. The van der Waals surface area contributed by atoms with Crippen molar-refractivity contribution in [3.05, 3.63) is 53.6 Å². The number of rotatable bonds is 2. The van der Waals surface area contributed by atoms with Crippen LogP contribution in [0.1, 0.15) is 11.1 Å². The lowest BCUT2D eigenvalue weighted by Crippen LogP contribution is -1.87. The van der Waals surface area contributed by atoms with Gasteiger partial charge in [0.1, 0.15) is 17.2 Å². The minimum atomic E-state index is 0.215. The molecule has 2 rings (SSSR count). The molecule has 0 spiro atoms. The zero-order valence-corrected chi connectivity index (χ0v) is 9.40. The van der Waals surface area contributed by atoms with E-state index in [0.717, 1.165) is 11.3 Å². The first-order valence-corrected chi connectivity index (χ1v) is 5.19. The van der Waals surface area contributed by atoms with Gasteiger partial charge in [0.25, 0.3) is 0 Å².